The molecule has 0 aliphatic carbocycles. The first-order chi connectivity index (χ1) is 13.9. The summed E-state index contributed by atoms with van der Waals surface area (Å²) in [5, 5.41) is 0.649. The third-order valence-corrected chi connectivity index (χ3v) is 5.34. The van der Waals surface area contributed by atoms with Crippen molar-refractivity contribution in [3.63, 3.8) is 0 Å². The summed E-state index contributed by atoms with van der Waals surface area (Å²) >= 11 is 5.93. The molecule has 29 heavy (non-hydrogen) atoms. The Hall–Kier alpha value is -3.04. The minimum absolute atomic E-state index is 0.126. The number of carbonyl (C=O) groups excluding carboxylic acids is 1. The number of aryl methyl sites for hydroxylation is 2. The summed E-state index contributed by atoms with van der Waals surface area (Å²) in [5.74, 6) is 1.45. The van der Waals surface area contributed by atoms with E-state index in [1.54, 1.807) is 24.3 Å². The van der Waals surface area contributed by atoms with E-state index < -0.39 is 0 Å². The first kappa shape index (κ1) is 19.3. The second kappa shape index (κ2) is 7.76. The van der Waals surface area contributed by atoms with Gasteiger partial charge >= 0.3 is 0 Å². The summed E-state index contributed by atoms with van der Waals surface area (Å²) in [6.45, 7) is 6.52. The molecule has 0 unspecified atom stereocenters. The maximum Gasteiger partial charge on any atom is 0.231 e. The van der Waals surface area contributed by atoms with Crippen LogP contribution in [0, 0.1) is 20.8 Å². The van der Waals surface area contributed by atoms with Crippen molar-refractivity contribution in [2.45, 2.75) is 27.4 Å². The highest BCUT2D eigenvalue weighted by Gasteiger charge is 2.30. The van der Waals surface area contributed by atoms with Crippen molar-refractivity contribution >= 4 is 23.5 Å². The van der Waals surface area contributed by atoms with Gasteiger partial charge in [0.2, 0.25) is 5.78 Å². The van der Waals surface area contributed by atoms with Gasteiger partial charge in [0.25, 0.3) is 0 Å². The SMILES string of the molecule is Cc1ccc(C)c(COc2ccc3c(c2C)O/C(=C\c2ccc(Cl)cc2)C3=O)c1. The average Bonchev–Trinajstić information content (AvgIpc) is 3.02. The van der Waals surface area contributed by atoms with Crippen LogP contribution in [-0.4, -0.2) is 5.78 Å². The van der Waals surface area contributed by atoms with Crippen LogP contribution in [0.25, 0.3) is 6.08 Å². The molecule has 0 aromatic heterocycles. The van der Waals surface area contributed by atoms with Crippen LogP contribution in [-0.2, 0) is 6.61 Å². The first-order valence-electron chi connectivity index (χ1n) is 9.45. The second-order valence-electron chi connectivity index (χ2n) is 7.28. The average molecular weight is 405 g/mol. The van der Waals surface area contributed by atoms with Crippen LogP contribution in [0.4, 0.5) is 0 Å². The Labute approximate surface area is 175 Å². The van der Waals surface area contributed by atoms with Crippen LogP contribution in [0.2, 0.25) is 5.02 Å². The number of ketones is 1. The zero-order valence-corrected chi connectivity index (χ0v) is 17.3. The molecule has 1 heterocycles. The zero-order chi connectivity index (χ0) is 20.5. The topological polar surface area (TPSA) is 35.5 Å². The molecule has 0 saturated heterocycles. The van der Waals surface area contributed by atoms with Crippen molar-refractivity contribution in [1.82, 2.24) is 0 Å². The van der Waals surface area contributed by atoms with Gasteiger partial charge in [-0.15, -0.1) is 0 Å². The van der Waals surface area contributed by atoms with E-state index in [4.69, 9.17) is 21.1 Å². The number of halogens is 1. The molecule has 0 atom stereocenters. The van der Waals surface area contributed by atoms with Crippen molar-refractivity contribution in [2.75, 3.05) is 0 Å². The summed E-state index contributed by atoms with van der Waals surface area (Å²) in [6.07, 6.45) is 1.73. The Balaban J connectivity index is 1.58. The summed E-state index contributed by atoms with van der Waals surface area (Å²) < 4.78 is 12.0. The van der Waals surface area contributed by atoms with Crippen LogP contribution in [0.3, 0.4) is 0 Å². The summed E-state index contributed by atoms with van der Waals surface area (Å²) in [6, 6.07) is 17.2. The number of hydrogen-bond donors (Lipinski definition) is 0. The van der Waals surface area contributed by atoms with Gasteiger partial charge in [0.1, 0.15) is 18.1 Å². The number of rotatable bonds is 4. The Morgan fingerprint density at radius 2 is 1.76 bits per heavy atom. The van der Waals surface area contributed by atoms with E-state index in [0.717, 1.165) is 16.7 Å². The number of ether oxygens (including phenoxy) is 2. The molecule has 3 aromatic rings. The van der Waals surface area contributed by atoms with Crippen LogP contribution >= 0.6 is 11.6 Å². The molecule has 4 rings (SSSR count). The fourth-order valence-electron chi connectivity index (χ4n) is 3.35. The number of allylic oxidation sites excluding steroid dienone is 1. The third kappa shape index (κ3) is 3.92. The Bertz CT molecular complexity index is 1130. The van der Waals surface area contributed by atoms with Gasteiger partial charge in [-0.3, -0.25) is 4.79 Å². The highest BCUT2D eigenvalue weighted by atomic mass is 35.5. The Morgan fingerprint density at radius 3 is 2.52 bits per heavy atom. The van der Waals surface area contributed by atoms with E-state index in [-0.39, 0.29) is 5.78 Å². The molecule has 1 aliphatic rings. The Morgan fingerprint density at radius 1 is 1.00 bits per heavy atom. The zero-order valence-electron chi connectivity index (χ0n) is 16.6. The van der Waals surface area contributed by atoms with Gasteiger partial charge in [-0.1, -0.05) is 47.5 Å². The third-order valence-electron chi connectivity index (χ3n) is 5.09. The fraction of sp³-hybridized carbons (Fsp3) is 0.160. The standard InChI is InChI=1S/C25H21ClO3/c1-15-4-5-16(2)19(12-15)14-28-22-11-10-21-24(27)23(29-25(21)17(22)3)13-18-6-8-20(26)9-7-18/h4-13H,14H2,1-3H3/b23-13-. The van der Waals surface area contributed by atoms with Crippen molar-refractivity contribution in [3.8, 4) is 11.5 Å². The highest BCUT2D eigenvalue weighted by Crippen LogP contribution is 2.39. The lowest BCUT2D eigenvalue weighted by molar-refractivity contribution is 0.101. The van der Waals surface area contributed by atoms with Gasteiger partial charge in [0.15, 0.2) is 5.76 Å². The lowest BCUT2D eigenvalue weighted by Crippen LogP contribution is -2.00. The van der Waals surface area contributed by atoms with Gasteiger partial charge in [0, 0.05) is 10.6 Å². The monoisotopic (exact) mass is 404 g/mol. The molecule has 3 nitrogen and oxygen atoms in total. The van der Waals surface area contributed by atoms with Gasteiger partial charge in [-0.05, 0) is 67.8 Å². The summed E-state index contributed by atoms with van der Waals surface area (Å²) in [5.41, 5.74) is 5.77. The minimum Gasteiger partial charge on any atom is -0.488 e. The van der Waals surface area contributed by atoms with Crippen molar-refractivity contribution in [3.05, 3.63) is 98.8 Å². The fourth-order valence-corrected chi connectivity index (χ4v) is 3.47. The molecule has 1 aliphatic heterocycles. The molecular weight excluding hydrogens is 384 g/mol. The molecule has 0 N–H and O–H groups in total. The smallest absolute Gasteiger partial charge is 0.231 e. The van der Waals surface area contributed by atoms with E-state index in [9.17, 15) is 4.79 Å². The van der Waals surface area contributed by atoms with Crippen LogP contribution < -0.4 is 9.47 Å². The molecule has 3 aromatic carbocycles. The van der Waals surface area contributed by atoms with E-state index in [0.29, 0.717) is 34.5 Å². The molecule has 0 saturated carbocycles. The van der Waals surface area contributed by atoms with Crippen molar-refractivity contribution in [1.29, 1.82) is 0 Å². The number of carbonyl (C=O) groups is 1. The first-order valence-corrected chi connectivity index (χ1v) is 9.82. The highest BCUT2D eigenvalue weighted by molar-refractivity contribution is 6.30. The second-order valence-corrected chi connectivity index (χ2v) is 7.71. The largest absolute Gasteiger partial charge is 0.488 e. The van der Waals surface area contributed by atoms with Gasteiger partial charge in [-0.25, -0.2) is 0 Å². The number of benzene rings is 3. The predicted octanol–water partition coefficient (Wildman–Crippen LogP) is 6.46. The molecule has 0 bridgehead atoms. The molecule has 0 radical (unpaired) electrons. The quantitative estimate of drug-likeness (QED) is 0.468. The van der Waals surface area contributed by atoms with Crippen LogP contribution in [0.5, 0.6) is 11.5 Å². The normalized spacial score (nSPS) is 14.1. The number of fused-ring (bicyclic) bond motifs is 1. The molecule has 146 valence electrons. The number of Topliss-reactive ketones (excluding diaryl/α,β-unsaturated/α-hetero) is 1. The van der Waals surface area contributed by atoms with E-state index >= 15 is 0 Å². The molecular formula is C25H21ClO3. The van der Waals surface area contributed by atoms with Gasteiger partial charge in [0.05, 0.1) is 5.56 Å². The maximum absolute atomic E-state index is 12.7. The van der Waals surface area contributed by atoms with Crippen LogP contribution in [0.15, 0.2) is 60.4 Å². The van der Waals surface area contributed by atoms with E-state index in [1.807, 2.05) is 25.1 Å². The van der Waals surface area contributed by atoms with Crippen molar-refractivity contribution in [2.24, 2.45) is 0 Å². The summed E-state index contributed by atoms with van der Waals surface area (Å²) in [4.78, 5) is 12.7. The minimum atomic E-state index is -0.126. The van der Waals surface area contributed by atoms with Gasteiger partial charge < -0.3 is 9.47 Å². The molecule has 0 amide bonds. The van der Waals surface area contributed by atoms with E-state index in [1.165, 1.54) is 11.1 Å². The lowest BCUT2D eigenvalue weighted by Gasteiger charge is -2.13. The summed E-state index contributed by atoms with van der Waals surface area (Å²) in [7, 11) is 0. The lowest BCUT2D eigenvalue weighted by atomic mass is 10.1. The van der Waals surface area contributed by atoms with E-state index in [2.05, 4.69) is 32.0 Å². The molecule has 0 fully saturated rings. The van der Waals surface area contributed by atoms with Gasteiger partial charge in [-0.2, -0.15) is 0 Å². The Kier molecular flexibility index (Phi) is 5.16. The molecule has 0 spiro atoms. The number of hydrogen-bond acceptors (Lipinski definition) is 3. The maximum atomic E-state index is 12.7. The molecule has 4 heteroatoms. The van der Waals surface area contributed by atoms with Crippen LogP contribution in [0.1, 0.15) is 38.2 Å². The van der Waals surface area contributed by atoms with Crippen molar-refractivity contribution < 1.29 is 14.3 Å². The predicted molar refractivity (Wildman–Crippen MR) is 116 cm³/mol.